The molecule has 1 amide bonds. The van der Waals surface area contributed by atoms with E-state index in [-0.39, 0.29) is 54.1 Å². The minimum atomic E-state index is -4.00. The first-order chi connectivity index (χ1) is 22.6. The van der Waals surface area contributed by atoms with Crippen molar-refractivity contribution in [1.29, 1.82) is 0 Å². The molecule has 2 aromatic carbocycles. The third kappa shape index (κ3) is 7.30. The van der Waals surface area contributed by atoms with Crippen LogP contribution in [0.3, 0.4) is 0 Å². The van der Waals surface area contributed by atoms with Gasteiger partial charge in [-0.25, -0.2) is 18.2 Å². The predicted molar refractivity (Wildman–Crippen MR) is 179 cm³/mol. The number of alkyl carbamates (subject to hydrolysis) is 1. The number of aliphatic hydroxyl groups is 1. The summed E-state index contributed by atoms with van der Waals surface area (Å²) in [5.74, 6) is 0.371. The van der Waals surface area contributed by atoms with Gasteiger partial charge in [0.15, 0.2) is 11.4 Å². The maximum Gasteiger partial charge on any atom is 0.407 e. The highest BCUT2D eigenvalue weighted by Crippen LogP contribution is 2.46. The van der Waals surface area contributed by atoms with Crippen LogP contribution >= 0.6 is 11.3 Å². The van der Waals surface area contributed by atoms with Gasteiger partial charge >= 0.3 is 6.09 Å². The van der Waals surface area contributed by atoms with Gasteiger partial charge in [0.25, 0.3) is 0 Å². The molecule has 8 rings (SSSR count). The van der Waals surface area contributed by atoms with Crippen LogP contribution in [0.1, 0.15) is 45.1 Å². The first kappa shape index (κ1) is 32.7. The Hall–Kier alpha value is -2.81. The summed E-state index contributed by atoms with van der Waals surface area (Å²) in [6, 6.07) is 14.2. The Kier molecular flexibility index (Phi) is 9.47. The standard InChI is InChI=1S/C34H44N4O7S2/c1-20(2)16-38(47(41,42)24-11-13-27-30(15-24)46-33(36-27)35-23-9-10-23)17-29(39)28(14-21-6-4-3-5-7-21)37-34(40)45-31-22-8-12-25-26(31)19-44-32(25)43-18-22/h3-7,11,13,15,20,22-23,25-26,28-29,31-32,39H,8-10,12,14,16-19H2,1-2H3,(H,35,36)(H,37,40). The van der Waals surface area contributed by atoms with Crippen LogP contribution in [0.2, 0.25) is 0 Å². The molecule has 3 aliphatic heterocycles. The summed E-state index contributed by atoms with van der Waals surface area (Å²) in [6.07, 6.45) is 2.01. The average molecular weight is 685 g/mol. The van der Waals surface area contributed by atoms with Gasteiger partial charge in [0.2, 0.25) is 10.0 Å². The fourth-order valence-corrected chi connectivity index (χ4v) is 9.87. The number of aromatic nitrogens is 1. The van der Waals surface area contributed by atoms with Crippen molar-refractivity contribution in [3.8, 4) is 0 Å². The van der Waals surface area contributed by atoms with E-state index in [1.807, 2.05) is 44.2 Å². The summed E-state index contributed by atoms with van der Waals surface area (Å²) in [5, 5.41) is 18.8. The number of hydrogen-bond acceptors (Lipinski definition) is 10. The molecule has 3 N–H and O–H groups in total. The van der Waals surface area contributed by atoms with Crippen LogP contribution in [0.15, 0.2) is 53.4 Å². The topological polar surface area (TPSA) is 139 Å². The van der Waals surface area contributed by atoms with Crippen LogP contribution in [-0.2, 0) is 30.7 Å². The SMILES string of the molecule is CC(C)CN(CC(O)C(Cc1ccccc1)NC(=O)OC1C2CCC3C(OC2)OCC31)S(=O)(=O)c1ccc2nc(NC3CC3)sc2c1. The molecule has 2 aliphatic carbocycles. The average Bonchev–Trinajstić information content (AvgIpc) is 3.70. The Labute approximate surface area is 280 Å². The van der Waals surface area contributed by atoms with Gasteiger partial charge in [-0.05, 0) is 61.8 Å². The first-order valence-electron chi connectivity index (χ1n) is 16.7. The molecule has 7 atom stereocenters. The highest BCUT2D eigenvalue weighted by Gasteiger charge is 2.52. The Morgan fingerprint density at radius 1 is 1.06 bits per heavy atom. The monoisotopic (exact) mass is 684 g/mol. The molecule has 4 bridgehead atoms. The number of sulfonamides is 1. The zero-order valence-corrected chi connectivity index (χ0v) is 28.4. The molecule has 254 valence electrons. The molecule has 47 heavy (non-hydrogen) atoms. The van der Waals surface area contributed by atoms with E-state index in [0.717, 1.165) is 46.6 Å². The number of aliphatic hydroxyl groups excluding tert-OH is 1. The van der Waals surface area contributed by atoms with Crippen LogP contribution in [0.4, 0.5) is 9.93 Å². The molecular formula is C34H44N4O7S2. The van der Waals surface area contributed by atoms with E-state index >= 15 is 0 Å². The van der Waals surface area contributed by atoms with Crippen molar-refractivity contribution in [1.82, 2.24) is 14.6 Å². The number of carbonyl (C=O) groups excluding carboxylic acids is 1. The molecule has 0 spiro atoms. The van der Waals surface area contributed by atoms with Gasteiger partial charge in [0, 0.05) is 36.9 Å². The quantitative estimate of drug-likeness (QED) is 0.236. The van der Waals surface area contributed by atoms with Gasteiger partial charge in [0.05, 0.1) is 40.5 Å². The lowest BCUT2D eigenvalue weighted by Crippen LogP contribution is -2.52. The highest BCUT2D eigenvalue weighted by atomic mass is 32.2. The summed E-state index contributed by atoms with van der Waals surface area (Å²) < 4.78 is 48.2. The maximum atomic E-state index is 14.1. The summed E-state index contributed by atoms with van der Waals surface area (Å²) >= 11 is 1.44. The van der Waals surface area contributed by atoms with Crippen molar-refractivity contribution < 1.29 is 32.5 Å². The van der Waals surface area contributed by atoms with Crippen LogP contribution in [0, 0.1) is 23.7 Å². The zero-order valence-electron chi connectivity index (χ0n) is 26.8. The summed E-state index contributed by atoms with van der Waals surface area (Å²) in [7, 11) is -4.00. The molecule has 5 aliphatic rings. The Bertz CT molecular complexity index is 1670. The van der Waals surface area contributed by atoms with Crippen LogP contribution < -0.4 is 10.6 Å². The lowest BCUT2D eigenvalue weighted by atomic mass is 9.74. The number of hydrogen-bond donors (Lipinski definition) is 3. The van der Waals surface area contributed by atoms with E-state index in [4.69, 9.17) is 14.2 Å². The molecule has 5 fully saturated rings. The van der Waals surface area contributed by atoms with E-state index in [2.05, 4.69) is 15.6 Å². The van der Waals surface area contributed by atoms with Crippen molar-refractivity contribution in [3.05, 3.63) is 54.1 Å². The van der Waals surface area contributed by atoms with Gasteiger partial charge < -0.3 is 30.0 Å². The smallest absolute Gasteiger partial charge is 0.407 e. The molecule has 7 unspecified atom stereocenters. The summed E-state index contributed by atoms with van der Waals surface area (Å²) in [6.45, 7) is 4.86. The summed E-state index contributed by atoms with van der Waals surface area (Å²) in [5.41, 5.74) is 1.64. The van der Waals surface area contributed by atoms with E-state index in [0.29, 0.717) is 25.7 Å². The number of nitrogens with zero attached hydrogens (tertiary/aromatic N) is 2. The predicted octanol–water partition coefficient (Wildman–Crippen LogP) is 4.61. The molecule has 4 heterocycles. The highest BCUT2D eigenvalue weighted by molar-refractivity contribution is 7.89. The van der Waals surface area contributed by atoms with Gasteiger partial charge in [-0.2, -0.15) is 4.31 Å². The molecule has 2 saturated carbocycles. The zero-order chi connectivity index (χ0) is 32.7. The number of ether oxygens (including phenoxy) is 3. The lowest BCUT2D eigenvalue weighted by Gasteiger charge is -2.36. The lowest BCUT2D eigenvalue weighted by molar-refractivity contribution is -0.135. The van der Waals surface area contributed by atoms with Crippen molar-refractivity contribution in [3.63, 3.8) is 0 Å². The molecule has 11 nitrogen and oxygen atoms in total. The fraction of sp³-hybridized carbons (Fsp3) is 0.588. The Morgan fingerprint density at radius 3 is 2.62 bits per heavy atom. The number of carbonyl (C=O) groups is 1. The van der Waals surface area contributed by atoms with Gasteiger partial charge in [-0.3, -0.25) is 0 Å². The maximum absolute atomic E-state index is 14.1. The summed E-state index contributed by atoms with van der Waals surface area (Å²) in [4.78, 5) is 18.3. The second kappa shape index (κ2) is 13.6. The van der Waals surface area contributed by atoms with Crippen molar-refractivity contribution >= 4 is 42.8 Å². The molecule has 3 saturated heterocycles. The van der Waals surface area contributed by atoms with Gasteiger partial charge in [0.1, 0.15) is 6.10 Å². The number of fused-ring (bicyclic) bond motifs is 3. The molecule has 1 aromatic heterocycles. The normalized spacial score (nSPS) is 26.8. The fourth-order valence-electron chi connectivity index (χ4n) is 7.17. The van der Waals surface area contributed by atoms with Gasteiger partial charge in [-0.1, -0.05) is 55.5 Å². The number of thiazole rings is 1. The van der Waals surface area contributed by atoms with Crippen molar-refractivity contribution in [2.45, 2.75) is 81.4 Å². The van der Waals surface area contributed by atoms with Gasteiger partial charge in [-0.15, -0.1) is 0 Å². The van der Waals surface area contributed by atoms with E-state index in [1.54, 1.807) is 18.2 Å². The Balaban J connectivity index is 1.09. The minimum Gasteiger partial charge on any atom is -0.445 e. The third-order valence-corrected chi connectivity index (χ3v) is 12.5. The number of benzene rings is 2. The molecule has 13 heteroatoms. The number of nitrogens with one attached hydrogen (secondary N) is 2. The van der Waals surface area contributed by atoms with Crippen LogP contribution in [0.25, 0.3) is 10.2 Å². The largest absolute Gasteiger partial charge is 0.445 e. The van der Waals surface area contributed by atoms with Crippen LogP contribution in [0.5, 0.6) is 0 Å². The Morgan fingerprint density at radius 2 is 1.85 bits per heavy atom. The number of anilines is 1. The van der Waals surface area contributed by atoms with E-state index < -0.39 is 28.3 Å². The third-order valence-electron chi connectivity index (χ3n) is 9.76. The number of rotatable bonds is 13. The van der Waals surface area contributed by atoms with Crippen molar-refractivity contribution in [2.24, 2.45) is 23.7 Å². The minimum absolute atomic E-state index is 0.00529. The molecule has 3 aromatic rings. The second-order valence-corrected chi connectivity index (χ2v) is 16.8. The first-order valence-corrected chi connectivity index (χ1v) is 19.0. The van der Waals surface area contributed by atoms with Crippen molar-refractivity contribution in [2.75, 3.05) is 31.6 Å². The number of amides is 1. The van der Waals surface area contributed by atoms with E-state index in [9.17, 15) is 18.3 Å². The van der Waals surface area contributed by atoms with E-state index in [1.165, 1.54) is 15.6 Å². The molecule has 0 radical (unpaired) electrons. The second-order valence-electron chi connectivity index (χ2n) is 13.9. The molecular weight excluding hydrogens is 641 g/mol. The van der Waals surface area contributed by atoms with Crippen LogP contribution in [-0.4, -0.2) is 85.8 Å².